The highest BCUT2D eigenvalue weighted by molar-refractivity contribution is 9.10. The van der Waals surface area contributed by atoms with Crippen LogP contribution >= 0.6 is 15.9 Å². The fourth-order valence-electron chi connectivity index (χ4n) is 1.31. The highest BCUT2D eigenvalue weighted by atomic mass is 79.9. The van der Waals surface area contributed by atoms with E-state index in [0.717, 1.165) is 4.47 Å². The third-order valence-corrected chi connectivity index (χ3v) is 2.69. The first-order valence-electron chi connectivity index (χ1n) is 5.49. The molecule has 2 rings (SSSR count). The predicted molar refractivity (Wildman–Crippen MR) is 68.7 cm³/mol. The van der Waals surface area contributed by atoms with Gasteiger partial charge in [-0.15, -0.1) is 0 Å². The van der Waals surface area contributed by atoms with Crippen molar-refractivity contribution in [2.75, 3.05) is 13.2 Å². The number of hydrogen-bond acceptors (Lipinski definition) is 6. The SMILES string of the molecule is CCOCC(N)c1noc(-c2ccc(Br)cn2)n1. The third kappa shape index (κ3) is 3.12. The Labute approximate surface area is 113 Å². The summed E-state index contributed by atoms with van der Waals surface area (Å²) in [7, 11) is 0. The van der Waals surface area contributed by atoms with Crippen molar-refractivity contribution in [2.24, 2.45) is 5.73 Å². The molecule has 2 N–H and O–H groups in total. The molecule has 7 heteroatoms. The Morgan fingerprint density at radius 2 is 2.33 bits per heavy atom. The molecule has 0 saturated heterocycles. The van der Waals surface area contributed by atoms with Crippen molar-refractivity contribution in [1.82, 2.24) is 15.1 Å². The molecule has 2 heterocycles. The molecular formula is C11H13BrN4O2. The molecule has 0 saturated carbocycles. The zero-order chi connectivity index (χ0) is 13.0. The molecule has 0 aromatic carbocycles. The van der Waals surface area contributed by atoms with Gasteiger partial charge in [-0.1, -0.05) is 5.16 Å². The van der Waals surface area contributed by atoms with E-state index in [9.17, 15) is 0 Å². The Morgan fingerprint density at radius 1 is 1.50 bits per heavy atom. The van der Waals surface area contributed by atoms with Gasteiger partial charge in [-0.25, -0.2) is 4.98 Å². The Balaban J connectivity index is 2.12. The molecule has 6 nitrogen and oxygen atoms in total. The van der Waals surface area contributed by atoms with Gasteiger partial charge in [0.1, 0.15) is 5.69 Å². The van der Waals surface area contributed by atoms with Crippen LogP contribution in [0, 0.1) is 0 Å². The molecular weight excluding hydrogens is 300 g/mol. The maximum absolute atomic E-state index is 5.86. The van der Waals surface area contributed by atoms with E-state index in [-0.39, 0.29) is 0 Å². The molecule has 2 aromatic heterocycles. The Hall–Kier alpha value is -1.31. The lowest BCUT2D eigenvalue weighted by Gasteiger charge is -2.05. The molecule has 1 unspecified atom stereocenters. The zero-order valence-electron chi connectivity index (χ0n) is 9.84. The van der Waals surface area contributed by atoms with Crippen LogP contribution in [-0.4, -0.2) is 28.3 Å². The van der Waals surface area contributed by atoms with Crippen LogP contribution in [-0.2, 0) is 4.74 Å². The average molecular weight is 313 g/mol. The summed E-state index contributed by atoms with van der Waals surface area (Å²) in [5.41, 5.74) is 6.47. The van der Waals surface area contributed by atoms with Gasteiger partial charge < -0.3 is 15.0 Å². The van der Waals surface area contributed by atoms with E-state index in [1.165, 1.54) is 0 Å². The highest BCUT2D eigenvalue weighted by Crippen LogP contribution is 2.18. The molecule has 0 radical (unpaired) electrons. The number of halogens is 1. The highest BCUT2D eigenvalue weighted by Gasteiger charge is 2.15. The van der Waals surface area contributed by atoms with E-state index in [0.29, 0.717) is 30.6 Å². The summed E-state index contributed by atoms with van der Waals surface area (Å²) in [5, 5.41) is 3.82. The van der Waals surface area contributed by atoms with E-state index in [1.54, 1.807) is 12.3 Å². The molecule has 0 fully saturated rings. The standard InChI is InChI=1S/C11H13BrN4O2/c1-2-17-6-8(13)10-15-11(18-16-10)9-4-3-7(12)5-14-9/h3-5,8H,2,6,13H2,1H3. The Morgan fingerprint density at radius 3 is 3.00 bits per heavy atom. The monoisotopic (exact) mass is 312 g/mol. The van der Waals surface area contributed by atoms with Crippen LogP contribution in [0.25, 0.3) is 11.6 Å². The number of hydrogen-bond donors (Lipinski definition) is 1. The molecule has 96 valence electrons. The number of nitrogens with zero attached hydrogens (tertiary/aromatic N) is 3. The third-order valence-electron chi connectivity index (χ3n) is 2.22. The molecule has 0 aliphatic heterocycles. The molecule has 0 amide bonds. The quantitative estimate of drug-likeness (QED) is 0.907. The van der Waals surface area contributed by atoms with Crippen molar-refractivity contribution in [1.29, 1.82) is 0 Å². The van der Waals surface area contributed by atoms with E-state index in [2.05, 4.69) is 31.1 Å². The Kier molecular flexibility index (Phi) is 4.40. The summed E-state index contributed by atoms with van der Waals surface area (Å²) in [6.07, 6.45) is 1.67. The van der Waals surface area contributed by atoms with Gasteiger partial charge in [0.25, 0.3) is 5.89 Å². The summed E-state index contributed by atoms with van der Waals surface area (Å²) < 4.78 is 11.2. The van der Waals surface area contributed by atoms with E-state index in [1.807, 2.05) is 13.0 Å². The topological polar surface area (TPSA) is 87.1 Å². The molecule has 1 atom stereocenters. The van der Waals surface area contributed by atoms with Gasteiger partial charge in [-0.3, -0.25) is 0 Å². The fraction of sp³-hybridized carbons (Fsp3) is 0.364. The lowest BCUT2D eigenvalue weighted by Crippen LogP contribution is -2.18. The van der Waals surface area contributed by atoms with Gasteiger partial charge in [0.05, 0.1) is 12.6 Å². The molecule has 18 heavy (non-hydrogen) atoms. The second kappa shape index (κ2) is 6.03. The first-order chi connectivity index (χ1) is 8.70. The maximum atomic E-state index is 5.86. The lowest BCUT2D eigenvalue weighted by atomic mass is 10.3. The molecule has 0 aliphatic rings. The summed E-state index contributed by atoms with van der Waals surface area (Å²) >= 11 is 3.31. The molecule has 2 aromatic rings. The van der Waals surface area contributed by atoms with E-state index < -0.39 is 6.04 Å². The zero-order valence-corrected chi connectivity index (χ0v) is 11.4. The van der Waals surface area contributed by atoms with Crippen LogP contribution in [0.4, 0.5) is 0 Å². The van der Waals surface area contributed by atoms with Crippen LogP contribution in [0.2, 0.25) is 0 Å². The number of rotatable bonds is 5. The molecule has 0 bridgehead atoms. The fourth-order valence-corrected chi connectivity index (χ4v) is 1.55. The average Bonchev–Trinajstić information content (AvgIpc) is 2.86. The van der Waals surface area contributed by atoms with Crippen molar-refractivity contribution < 1.29 is 9.26 Å². The van der Waals surface area contributed by atoms with Gasteiger partial charge in [-0.05, 0) is 35.0 Å². The van der Waals surface area contributed by atoms with Crippen molar-refractivity contribution in [3.05, 3.63) is 28.6 Å². The normalized spacial score (nSPS) is 12.6. The minimum absolute atomic E-state index is 0.351. The van der Waals surface area contributed by atoms with Crippen molar-refractivity contribution in [3.63, 3.8) is 0 Å². The van der Waals surface area contributed by atoms with Crippen LogP contribution in [0.3, 0.4) is 0 Å². The minimum atomic E-state index is -0.391. The summed E-state index contributed by atoms with van der Waals surface area (Å²) in [6.45, 7) is 2.87. The van der Waals surface area contributed by atoms with Crippen molar-refractivity contribution >= 4 is 15.9 Å². The van der Waals surface area contributed by atoms with Crippen LogP contribution in [0.1, 0.15) is 18.8 Å². The van der Waals surface area contributed by atoms with Gasteiger partial charge in [-0.2, -0.15) is 4.98 Å². The molecule has 0 aliphatic carbocycles. The lowest BCUT2D eigenvalue weighted by molar-refractivity contribution is 0.130. The predicted octanol–water partition coefficient (Wildman–Crippen LogP) is 1.93. The maximum Gasteiger partial charge on any atom is 0.276 e. The Bertz CT molecular complexity index is 500. The van der Waals surface area contributed by atoms with Crippen molar-refractivity contribution in [3.8, 4) is 11.6 Å². The van der Waals surface area contributed by atoms with Crippen LogP contribution in [0.15, 0.2) is 27.3 Å². The first kappa shape index (κ1) is 13.1. The van der Waals surface area contributed by atoms with Gasteiger partial charge in [0.2, 0.25) is 0 Å². The van der Waals surface area contributed by atoms with E-state index >= 15 is 0 Å². The summed E-state index contributed by atoms with van der Waals surface area (Å²) in [5.74, 6) is 0.771. The second-order valence-electron chi connectivity index (χ2n) is 3.59. The minimum Gasteiger partial charge on any atom is -0.380 e. The van der Waals surface area contributed by atoms with Gasteiger partial charge in [0.15, 0.2) is 5.82 Å². The van der Waals surface area contributed by atoms with E-state index in [4.69, 9.17) is 15.0 Å². The van der Waals surface area contributed by atoms with Gasteiger partial charge >= 0.3 is 0 Å². The van der Waals surface area contributed by atoms with Crippen LogP contribution in [0.5, 0.6) is 0 Å². The summed E-state index contributed by atoms with van der Waals surface area (Å²) in [4.78, 5) is 8.37. The first-order valence-corrected chi connectivity index (χ1v) is 6.29. The second-order valence-corrected chi connectivity index (χ2v) is 4.50. The smallest absolute Gasteiger partial charge is 0.276 e. The number of pyridine rings is 1. The number of nitrogens with two attached hydrogens (primary N) is 1. The summed E-state index contributed by atoms with van der Waals surface area (Å²) in [6, 6.07) is 3.25. The number of aromatic nitrogens is 3. The molecule has 0 spiro atoms. The van der Waals surface area contributed by atoms with Crippen molar-refractivity contribution in [2.45, 2.75) is 13.0 Å². The van der Waals surface area contributed by atoms with Gasteiger partial charge in [0, 0.05) is 17.3 Å². The van der Waals surface area contributed by atoms with Crippen LogP contribution < -0.4 is 5.73 Å². The number of ether oxygens (including phenoxy) is 1. The largest absolute Gasteiger partial charge is 0.380 e.